The van der Waals surface area contributed by atoms with Gasteiger partial charge in [0.1, 0.15) is 0 Å². The van der Waals surface area contributed by atoms with Gasteiger partial charge in [-0.2, -0.15) is 0 Å². The summed E-state index contributed by atoms with van der Waals surface area (Å²) in [6.07, 6.45) is 6.74. The lowest BCUT2D eigenvalue weighted by molar-refractivity contribution is -0.143. The average molecular weight is 199 g/mol. The molecule has 0 amide bonds. The van der Waals surface area contributed by atoms with Crippen molar-refractivity contribution in [3.63, 3.8) is 0 Å². The van der Waals surface area contributed by atoms with Crippen molar-refractivity contribution in [2.75, 3.05) is 13.2 Å². The molecule has 1 fully saturated rings. The van der Waals surface area contributed by atoms with Crippen LogP contribution in [0.3, 0.4) is 0 Å². The predicted octanol–water partition coefficient (Wildman–Crippen LogP) is 1.86. The van der Waals surface area contributed by atoms with E-state index in [0.29, 0.717) is 19.1 Å². The fourth-order valence-corrected chi connectivity index (χ4v) is 1.87. The number of nitrogens with one attached hydrogen (secondary N) is 1. The second-order valence-corrected chi connectivity index (χ2v) is 3.86. The molecule has 1 saturated heterocycles. The van der Waals surface area contributed by atoms with Crippen molar-refractivity contribution >= 4 is 5.97 Å². The Morgan fingerprint density at radius 3 is 2.93 bits per heavy atom. The Balaban J connectivity index is 2.22. The SMILES string of the molecule is CCOC(=O)CC1CCCCCCN1. The molecular formula is C11H21NO2. The van der Waals surface area contributed by atoms with Crippen LogP contribution in [-0.4, -0.2) is 25.2 Å². The van der Waals surface area contributed by atoms with Gasteiger partial charge >= 0.3 is 5.97 Å². The Hall–Kier alpha value is -0.570. The van der Waals surface area contributed by atoms with E-state index in [-0.39, 0.29) is 5.97 Å². The number of carbonyl (C=O) groups excluding carboxylic acids is 1. The Morgan fingerprint density at radius 2 is 2.14 bits per heavy atom. The number of hydrogen-bond acceptors (Lipinski definition) is 3. The third-order valence-electron chi connectivity index (χ3n) is 2.63. The molecule has 82 valence electrons. The Morgan fingerprint density at radius 1 is 1.36 bits per heavy atom. The van der Waals surface area contributed by atoms with Crippen LogP contribution < -0.4 is 5.32 Å². The minimum atomic E-state index is -0.0643. The fraction of sp³-hybridized carbons (Fsp3) is 0.909. The lowest BCUT2D eigenvalue weighted by Crippen LogP contribution is -2.33. The zero-order valence-corrected chi connectivity index (χ0v) is 9.05. The molecule has 1 heterocycles. The molecule has 0 saturated carbocycles. The first kappa shape index (κ1) is 11.5. The van der Waals surface area contributed by atoms with Crippen LogP contribution in [0.15, 0.2) is 0 Å². The number of ether oxygens (including phenoxy) is 1. The molecule has 1 aliphatic heterocycles. The van der Waals surface area contributed by atoms with E-state index in [1.54, 1.807) is 0 Å². The maximum Gasteiger partial charge on any atom is 0.307 e. The van der Waals surface area contributed by atoms with Gasteiger partial charge in [-0.1, -0.05) is 19.3 Å². The predicted molar refractivity (Wildman–Crippen MR) is 56.1 cm³/mol. The van der Waals surface area contributed by atoms with Crippen molar-refractivity contribution < 1.29 is 9.53 Å². The van der Waals surface area contributed by atoms with Gasteiger partial charge in [-0.05, 0) is 26.3 Å². The summed E-state index contributed by atoms with van der Waals surface area (Å²) >= 11 is 0. The zero-order chi connectivity index (χ0) is 10.2. The van der Waals surface area contributed by atoms with Crippen molar-refractivity contribution in [3.05, 3.63) is 0 Å². The highest BCUT2D eigenvalue weighted by molar-refractivity contribution is 5.70. The van der Waals surface area contributed by atoms with Gasteiger partial charge in [0.15, 0.2) is 0 Å². The van der Waals surface area contributed by atoms with Crippen molar-refractivity contribution in [3.8, 4) is 0 Å². The number of carbonyl (C=O) groups is 1. The van der Waals surface area contributed by atoms with E-state index in [0.717, 1.165) is 13.0 Å². The number of esters is 1. The lowest BCUT2D eigenvalue weighted by Gasteiger charge is -2.20. The second-order valence-electron chi connectivity index (χ2n) is 3.86. The van der Waals surface area contributed by atoms with E-state index in [1.165, 1.54) is 25.7 Å². The van der Waals surface area contributed by atoms with E-state index in [2.05, 4.69) is 5.32 Å². The first-order valence-electron chi connectivity index (χ1n) is 5.72. The highest BCUT2D eigenvalue weighted by Gasteiger charge is 2.14. The monoisotopic (exact) mass is 199 g/mol. The molecule has 0 aromatic rings. The molecule has 1 atom stereocenters. The maximum atomic E-state index is 11.2. The summed E-state index contributed by atoms with van der Waals surface area (Å²) in [7, 11) is 0. The summed E-state index contributed by atoms with van der Waals surface area (Å²) < 4.78 is 4.94. The highest BCUT2D eigenvalue weighted by Crippen LogP contribution is 2.12. The van der Waals surface area contributed by atoms with Crippen molar-refractivity contribution in [1.29, 1.82) is 0 Å². The van der Waals surface area contributed by atoms with Gasteiger partial charge in [0.25, 0.3) is 0 Å². The van der Waals surface area contributed by atoms with Crippen LogP contribution in [-0.2, 0) is 9.53 Å². The summed E-state index contributed by atoms with van der Waals surface area (Å²) in [5, 5.41) is 3.41. The molecule has 3 heteroatoms. The van der Waals surface area contributed by atoms with E-state index < -0.39 is 0 Å². The van der Waals surface area contributed by atoms with Crippen LogP contribution >= 0.6 is 0 Å². The number of hydrogen-bond donors (Lipinski definition) is 1. The Bertz CT molecular complexity index is 163. The fourth-order valence-electron chi connectivity index (χ4n) is 1.87. The van der Waals surface area contributed by atoms with Gasteiger partial charge in [0.05, 0.1) is 13.0 Å². The van der Waals surface area contributed by atoms with Crippen LogP contribution in [0.25, 0.3) is 0 Å². The van der Waals surface area contributed by atoms with Gasteiger partial charge in [-0.25, -0.2) is 0 Å². The highest BCUT2D eigenvalue weighted by atomic mass is 16.5. The lowest BCUT2D eigenvalue weighted by atomic mass is 10.0. The largest absolute Gasteiger partial charge is 0.466 e. The average Bonchev–Trinajstić information content (AvgIpc) is 2.10. The molecule has 0 bridgehead atoms. The van der Waals surface area contributed by atoms with Gasteiger partial charge < -0.3 is 10.1 Å². The summed E-state index contributed by atoms with van der Waals surface area (Å²) in [6, 6.07) is 0.342. The van der Waals surface area contributed by atoms with Gasteiger partial charge in [-0.3, -0.25) is 4.79 Å². The zero-order valence-electron chi connectivity index (χ0n) is 9.05. The molecular weight excluding hydrogens is 178 g/mol. The van der Waals surface area contributed by atoms with E-state index in [9.17, 15) is 4.79 Å². The van der Waals surface area contributed by atoms with Crippen molar-refractivity contribution in [1.82, 2.24) is 5.32 Å². The van der Waals surface area contributed by atoms with Crippen LogP contribution in [0.4, 0.5) is 0 Å². The van der Waals surface area contributed by atoms with Crippen LogP contribution in [0.5, 0.6) is 0 Å². The minimum Gasteiger partial charge on any atom is -0.466 e. The van der Waals surface area contributed by atoms with Crippen LogP contribution in [0.1, 0.15) is 45.4 Å². The molecule has 1 rings (SSSR count). The first-order valence-corrected chi connectivity index (χ1v) is 5.72. The molecule has 0 aromatic heterocycles. The summed E-state index contributed by atoms with van der Waals surface area (Å²) in [6.45, 7) is 3.39. The van der Waals surface area contributed by atoms with Gasteiger partial charge in [0.2, 0.25) is 0 Å². The van der Waals surface area contributed by atoms with Gasteiger partial charge in [-0.15, -0.1) is 0 Å². The second kappa shape index (κ2) is 6.82. The normalized spacial score (nSPS) is 23.6. The van der Waals surface area contributed by atoms with Crippen molar-refractivity contribution in [2.24, 2.45) is 0 Å². The Kier molecular flexibility index (Phi) is 5.60. The van der Waals surface area contributed by atoms with Crippen LogP contribution in [0, 0.1) is 0 Å². The van der Waals surface area contributed by atoms with E-state index in [4.69, 9.17) is 4.74 Å². The molecule has 0 aromatic carbocycles. The van der Waals surface area contributed by atoms with Crippen LogP contribution in [0.2, 0.25) is 0 Å². The molecule has 3 nitrogen and oxygen atoms in total. The standard InChI is InChI=1S/C11H21NO2/c1-2-14-11(13)9-10-7-5-3-4-6-8-12-10/h10,12H,2-9H2,1H3. The topological polar surface area (TPSA) is 38.3 Å². The van der Waals surface area contributed by atoms with E-state index in [1.807, 2.05) is 6.92 Å². The quantitative estimate of drug-likeness (QED) is 0.705. The summed E-state index contributed by atoms with van der Waals surface area (Å²) in [5.41, 5.74) is 0. The number of rotatable bonds is 3. The molecule has 0 radical (unpaired) electrons. The molecule has 14 heavy (non-hydrogen) atoms. The Labute approximate surface area is 86.2 Å². The summed E-state index contributed by atoms with van der Waals surface area (Å²) in [4.78, 5) is 11.2. The third-order valence-corrected chi connectivity index (χ3v) is 2.63. The third kappa shape index (κ3) is 4.61. The molecule has 1 unspecified atom stereocenters. The first-order chi connectivity index (χ1) is 6.83. The van der Waals surface area contributed by atoms with E-state index >= 15 is 0 Å². The molecule has 0 spiro atoms. The minimum absolute atomic E-state index is 0.0643. The smallest absolute Gasteiger partial charge is 0.307 e. The maximum absolute atomic E-state index is 11.2. The van der Waals surface area contributed by atoms with Crippen molar-refractivity contribution in [2.45, 2.75) is 51.5 Å². The molecule has 1 N–H and O–H groups in total. The molecule has 1 aliphatic rings. The summed E-state index contributed by atoms with van der Waals surface area (Å²) in [5.74, 6) is -0.0643. The van der Waals surface area contributed by atoms with Gasteiger partial charge in [0, 0.05) is 6.04 Å². The molecule has 0 aliphatic carbocycles.